The number of allylic oxidation sites excluding steroid dienone is 3. The lowest BCUT2D eigenvalue weighted by atomic mass is 9.99. The maximum absolute atomic E-state index is 12.8. The lowest BCUT2D eigenvalue weighted by Gasteiger charge is -2.40. The number of unbranched alkanes of at least 4 members (excludes halogenated alkanes) is 16. The van der Waals surface area contributed by atoms with E-state index in [1.807, 2.05) is 6.08 Å². The summed E-state index contributed by atoms with van der Waals surface area (Å²) in [6.45, 7) is 6.02. The quantitative estimate of drug-likeness (QED) is 0.0365. The summed E-state index contributed by atoms with van der Waals surface area (Å²) in [6.07, 6.45) is 23.7. The van der Waals surface area contributed by atoms with Crippen LogP contribution in [0.5, 0.6) is 0 Å². The minimum Gasteiger partial charge on any atom is -0.394 e. The van der Waals surface area contributed by atoms with E-state index in [1.54, 1.807) is 6.08 Å². The smallest absolute Gasteiger partial charge is 0.220 e. The molecule has 0 radical (unpaired) electrons. The number of hydrogen-bond acceptors (Lipinski definition) is 8. The number of hydrogen-bond donors (Lipinski definition) is 6. The van der Waals surface area contributed by atoms with Crippen molar-refractivity contribution in [1.29, 1.82) is 0 Å². The van der Waals surface area contributed by atoms with Crippen molar-refractivity contribution in [2.24, 2.45) is 5.92 Å². The Morgan fingerprint density at radius 1 is 0.750 bits per heavy atom. The van der Waals surface area contributed by atoms with Crippen LogP contribution >= 0.6 is 0 Å². The van der Waals surface area contributed by atoms with Crippen LogP contribution in [0, 0.1) is 5.92 Å². The maximum atomic E-state index is 12.8. The molecule has 2 unspecified atom stereocenters. The fourth-order valence-electron chi connectivity index (χ4n) is 6.00. The summed E-state index contributed by atoms with van der Waals surface area (Å²) in [4.78, 5) is 12.8. The van der Waals surface area contributed by atoms with Gasteiger partial charge in [0.15, 0.2) is 6.29 Å². The van der Waals surface area contributed by atoms with Gasteiger partial charge in [-0.1, -0.05) is 141 Å². The highest BCUT2D eigenvalue weighted by molar-refractivity contribution is 5.76. The van der Waals surface area contributed by atoms with E-state index in [9.17, 15) is 30.3 Å². The van der Waals surface area contributed by atoms with Gasteiger partial charge in [0.1, 0.15) is 24.4 Å². The Balaban J connectivity index is 2.49. The molecule has 9 heteroatoms. The fourth-order valence-corrected chi connectivity index (χ4v) is 6.00. The zero-order valence-corrected chi connectivity index (χ0v) is 30.7. The number of aliphatic hydroxyl groups excluding tert-OH is 5. The van der Waals surface area contributed by atoms with Gasteiger partial charge in [-0.15, -0.1) is 0 Å². The molecule has 0 bridgehead atoms. The van der Waals surface area contributed by atoms with Gasteiger partial charge in [0.2, 0.25) is 5.91 Å². The van der Waals surface area contributed by atoms with Crippen LogP contribution in [-0.4, -0.2) is 87.5 Å². The SMILES string of the molecule is CCCCCCCCC/C=C/CC/C=C/C(O)C(CO[C@@H]1O[C@H](CO)[C@H](O)[C@H](O)[C@H]1O)NC(=O)CCCCCCCCCCCC(C)C. The third kappa shape index (κ3) is 21.7. The van der Waals surface area contributed by atoms with E-state index >= 15 is 0 Å². The lowest BCUT2D eigenvalue weighted by molar-refractivity contribution is -0.302. The second kappa shape index (κ2) is 29.4. The van der Waals surface area contributed by atoms with E-state index in [4.69, 9.17) is 9.47 Å². The molecule has 7 atom stereocenters. The van der Waals surface area contributed by atoms with Gasteiger partial charge >= 0.3 is 0 Å². The van der Waals surface area contributed by atoms with E-state index in [-0.39, 0.29) is 12.5 Å². The fraction of sp³-hybridized carbons (Fsp3) is 0.872. The first-order chi connectivity index (χ1) is 23.2. The first kappa shape index (κ1) is 44.7. The van der Waals surface area contributed by atoms with Gasteiger partial charge in [-0.3, -0.25) is 4.79 Å². The molecular formula is C39H73NO8. The molecular weight excluding hydrogens is 610 g/mol. The Morgan fingerprint density at radius 2 is 1.31 bits per heavy atom. The van der Waals surface area contributed by atoms with Crippen molar-refractivity contribution in [2.45, 2.75) is 198 Å². The molecule has 0 aromatic carbocycles. The van der Waals surface area contributed by atoms with Crippen LogP contribution in [0.25, 0.3) is 0 Å². The topological polar surface area (TPSA) is 149 Å². The van der Waals surface area contributed by atoms with Gasteiger partial charge in [0.25, 0.3) is 0 Å². The third-order valence-corrected chi connectivity index (χ3v) is 9.21. The zero-order chi connectivity index (χ0) is 35.4. The maximum Gasteiger partial charge on any atom is 0.220 e. The highest BCUT2D eigenvalue weighted by Gasteiger charge is 2.44. The number of carbonyl (C=O) groups excluding carboxylic acids is 1. The third-order valence-electron chi connectivity index (χ3n) is 9.21. The van der Waals surface area contributed by atoms with Gasteiger partial charge < -0.3 is 40.3 Å². The molecule has 0 saturated carbocycles. The van der Waals surface area contributed by atoms with Crippen molar-refractivity contribution in [3.63, 3.8) is 0 Å². The van der Waals surface area contributed by atoms with Crippen molar-refractivity contribution in [2.75, 3.05) is 13.2 Å². The molecule has 282 valence electrons. The number of aliphatic hydroxyl groups is 5. The molecule has 0 aliphatic carbocycles. The molecule has 0 aromatic rings. The first-order valence-corrected chi connectivity index (χ1v) is 19.4. The summed E-state index contributed by atoms with van der Waals surface area (Å²) in [6, 6.07) is -0.815. The lowest BCUT2D eigenvalue weighted by Crippen LogP contribution is -2.60. The summed E-state index contributed by atoms with van der Waals surface area (Å²) in [5.74, 6) is 0.595. The normalized spacial score (nSPS) is 23.0. The van der Waals surface area contributed by atoms with Crippen LogP contribution in [0.1, 0.15) is 156 Å². The standard InChI is InChI=1S/C39H73NO8/c1-4-5-6-7-8-9-10-11-12-15-18-21-24-27-33(42)32(30-47-39-38(46)37(45)36(44)34(29-41)48-39)40-35(43)28-25-22-19-16-13-14-17-20-23-26-31(2)3/h12,15,24,27,31-34,36-39,41-42,44-46H,4-11,13-14,16-23,25-26,28-30H2,1-3H3,(H,40,43)/b15-12+,27-24+/t32?,33?,34-,36+,37+,38-,39-/m1/s1. The van der Waals surface area contributed by atoms with Crippen LogP contribution in [-0.2, 0) is 14.3 Å². The molecule has 1 aliphatic rings. The number of amides is 1. The Morgan fingerprint density at radius 3 is 1.94 bits per heavy atom. The predicted molar refractivity (Wildman–Crippen MR) is 193 cm³/mol. The molecule has 1 aliphatic heterocycles. The number of carbonyl (C=O) groups is 1. The molecule has 0 aromatic heterocycles. The molecule has 6 N–H and O–H groups in total. The second-order valence-corrected chi connectivity index (χ2v) is 14.2. The molecule has 48 heavy (non-hydrogen) atoms. The molecule has 9 nitrogen and oxygen atoms in total. The largest absolute Gasteiger partial charge is 0.394 e. The van der Waals surface area contributed by atoms with Crippen molar-refractivity contribution in [3.8, 4) is 0 Å². The van der Waals surface area contributed by atoms with Crippen LogP contribution in [0.15, 0.2) is 24.3 Å². The van der Waals surface area contributed by atoms with E-state index in [1.165, 1.54) is 89.9 Å². The van der Waals surface area contributed by atoms with Crippen molar-refractivity contribution < 1.29 is 39.8 Å². The number of nitrogens with one attached hydrogen (secondary N) is 1. The van der Waals surface area contributed by atoms with Crippen LogP contribution < -0.4 is 5.32 Å². The summed E-state index contributed by atoms with van der Waals surface area (Å²) in [5, 5.41) is 53.8. The van der Waals surface area contributed by atoms with Crippen molar-refractivity contribution in [3.05, 3.63) is 24.3 Å². The highest BCUT2D eigenvalue weighted by atomic mass is 16.7. The average molecular weight is 684 g/mol. The average Bonchev–Trinajstić information content (AvgIpc) is 3.07. The van der Waals surface area contributed by atoms with Gasteiger partial charge in [-0.2, -0.15) is 0 Å². The minimum atomic E-state index is -1.57. The molecule has 1 fully saturated rings. The molecule has 1 rings (SSSR count). The Labute approximate surface area is 292 Å². The summed E-state index contributed by atoms with van der Waals surface area (Å²) < 4.78 is 11.1. The van der Waals surface area contributed by atoms with E-state index < -0.39 is 49.5 Å². The van der Waals surface area contributed by atoms with Crippen molar-refractivity contribution in [1.82, 2.24) is 5.32 Å². The summed E-state index contributed by atoms with van der Waals surface area (Å²) >= 11 is 0. The Kier molecular flexibility index (Phi) is 27.4. The van der Waals surface area contributed by atoms with E-state index in [0.29, 0.717) is 6.42 Å². The van der Waals surface area contributed by atoms with Crippen LogP contribution in [0.3, 0.4) is 0 Å². The predicted octanol–water partition coefficient (Wildman–Crippen LogP) is 6.63. The number of rotatable bonds is 30. The Hall–Kier alpha value is -1.33. The molecule has 1 saturated heterocycles. The van der Waals surface area contributed by atoms with E-state index in [0.717, 1.165) is 44.4 Å². The van der Waals surface area contributed by atoms with Crippen LogP contribution in [0.4, 0.5) is 0 Å². The minimum absolute atomic E-state index is 0.191. The van der Waals surface area contributed by atoms with Crippen LogP contribution in [0.2, 0.25) is 0 Å². The molecule has 0 spiro atoms. The second-order valence-electron chi connectivity index (χ2n) is 14.2. The summed E-state index contributed by atoms with van der Waals surface area (Å²) in [5.41, 5.74) is 0. The van der Waals surface area contributed by atoms with Gasteiger partial charge in [0.05, 0.1) is 25.4 Å². The van der Waals surface area contributed by atoms with Gasteiger partial charge in [0, 0.05) is 6.42 Å². The monoisotopic (exact) mass is 684 g/mol. The summed E-state index contributed by atoms with van der Waals surface area (Å²) in [7, 11) is 0. The first-order valence-electron chi connectivity index (χ1n) is 19.4. The van der Waals surface area contributed by atoms with Gasteiger partial charge in [-0.25, -0.2) is 0 Å². The van der Waals surface area contributed by atoms with Crippen molar-refractivity contribution >= 4 is 5.91 Å². The molecule has 1 heterocycles. The number of ether oxygens (including phenoxy) is 2. The van der Waals surface area contributed by atoms with E-state index in [2.05, 4.69) is 38.2 Å². The van der Waals surface area contributed by atoms with Gasteiger partial charge in [-0.05, 0) is 38.0 Å². The Bertz CT molecular complexity index is 820. The molecule has 1 amide bonds. The zero-order valence-electron chi connectivity index (χ0n) is 30.7. The highest BCUT2D eigenvalue weighted by Crippen LogP contribution is 2.22.